The number of rotatable bonds is 6. The highest BCUT2D eigenvalue weighted by atomic mass is 16.4. The Labute approximate surface area is 92.8 Å². The molecule has 16 heavy (non-hydrogen) atoms. The first-order valence-corrected chi connectivity index (χ1v) is 4.84. The van der Waals surface area contributed by atoms with Crippen molar-refractivity contribution in [2.45, 2.75) is 0 Å². The molecule has 1 rings (SSSR count). The summed E-state index contributed by atoms with van der Waals surface area (Å²) >= 11 is 0. The molecule has 3 N–H and O–H groups in total. The Hall–Kier alpha value is -1.66. The lowest BCUT2D eigenvalue weighted by Crippen LogP contribution is -2.31. The van der Waals surface area contributed by atoms with Crippen LogP contribution < -0.4 is 4.90 Å². The number of aliphatic hydroxyl groups is 2. The van der Waals surface area contributed by atoms with E-state index in [2.05, 4.69) is 4.98 Å². The van der Waals surface area contributed by atoms with Crippen molar-refractivity contribution in [2.24, 2.45) is 0 Å². The van der Waals surface area contributed by atoms with Gasteiger partial charge in [0, 0.05) is 19.3 Å². The van der Waals surface area contributed by atoms with Crippen molar-refractivity contribution in [1.29, 1.82) is 0 Å². The van der Waals surface area contributed by atoms with E-state index in [9.17, 15) is 4.79 Å². The van der Waals surface area contributed by atoms with Gasteiger partial charge in [-0.05, 0) is 6.07 Å². The summed E-state index contributed by atoms with van der Waals surface area (Å²) < 4.78 is 0. The lowest BCUT2D eigenvalue weighted by molar-refractivity contribution is 0.0697. The van der Waals surface area contributed by atoms with Crippen molar-refractivity contribution >= 4 is 11.7 Å². The van der Waals surface area contributed by atoms with E-state index in [0.717, 1.165) is 0 Å². The van der Waals surface area contributed by atoms with E-state index >= 15 is 0 Å². The smallest absolute Gasteiger partial charge is 0.337 e. The number of aromatic nitrogens is 1. The summed E-state index contributed by atoms with van der Waals surface area (Å²) in [6, 6.07) is 1.39. The minimum atomic E-state index is -1.06. The number of pyridine rings is 1. The van der Waals surface area contributed by atoms with Gasteiger partial charge in [-0.3, -0.25) is 4.98 Å². The molecule has 0 aliphatic heterocycles. The molecule has 1 aromatic heterocycles. The Morgan fingerprint density at radius 1 is 1.31 bits per heavy atom. The van der Waals surface area contributed by atoms with Gasteiger partial charge in [0.15, 0.2) is 0 Å². The predicted octanol–water partition coefficient (Wildman–Crippen LogP) is -0.429. The van der Waals surface area contributed by atoms with E-state index in [-0.39, 0.29) is 31.9 Å². The van der Waals surface area contributed by atoms with Gasteiger partial charge in [-0.15, -0.1) is 0 Å². The zero-order chi connectivity index (χ0) is 12.0. The summed E-state index contributed by atoms with van der Waals surface area (Å²) in [5.74, 6) is -1.06. The first kappa shape index (κ1) is 12.4. The monoisotopic (exact) mass is 226 g/mol. The molecule has 0 spiro atoms. The maximum absolute atomic E-state index is 11.0. The highest BCUT2D eigenvalue weighted by Crippen LogP contribution is 2.18. The van der Waals surface area contributed by atoms with Gasteiger partial charge in [-0.2, -0.15) is 0 Å². The van der Waals surface area contributed by atoms with Crippen LogP contribution in [-0.4, -0.2) is 52.6 Å². The number of carboxylic acids is 1. The molecule has 0 saturated carbocycles. The quantitative estimate of drug-likeness (QED) is 0.609. The standard InChI is InChI=1S/C10H14N2O4/c13-5-3-12(4-6-14)9-7-11-2-1-8(9)10(15)16/h1-2,7,13-14H,3-6H2,(H,15,16). The van der Waals surface area contributed by atoms with Gasteiger partial charge < -0.3 is 20.2 Å². The largest absolute Gasteiger partial charge is 0.478 e. The number of carboxylic acid groups (broad SMARTS) is 1. The fourth-order valence-electron chi connectivity index (χ4n) is 1.41. The van der Waals surface area contributed by atoms with Crippen molar-refractivity contribution < 1.29 is 20.1 Å². The molecule has 88 valence electrons. The summed E-state index contributed by atoms with van der Waals surface area (Å²) in [5.41, 5.74) is 0.509. The number of carbonyl (C=O) groups is 1. The topological polar surface area (TPSA) is 93.9 Å². The van der Waals surface area contributed by atoms with Gasteiger partial charge >= 0.3 is 5.97 Å². The third-order valence-corrected chi connectivity index (χ3v) is 2.11. The van der Waals surface area contributed by atoms with Crippen LogP contribution in [0.15, 0.2) is 18.5 Å². The number of aromatic carboxylic acids is 1. The van der Waals surface area contributed by atoms with Gasteiger partial charge in [0.25, 0.3) is 0 Å². The first-order chi connectivity index (χ1) is 7.70. The molecule has 0 saturated heterocycles. The van der Waals surface area contributed by atoms with Crippen molar-refractivity contribution in [3.8, 4) is 0 Å². The maximum Gasteiger partial charge on any atom is 0.337 e. The summed E-state index contributed by atoms with van der Waals surface area (Å²) in [6.07, 6.45) is 2.80. The molecule has 0 bridgehead atoms. The van der Waals surface area contributed by atoms with Crippen molar-refractivity contribution in [3.05, 3.63) is 24.0 Å². The normalized spacial score (nSPS) is 10.1. The molecule has 0 unspecified atom stereocenters. The number of hydrogen-bond acceptors (Lipinski definition) is 5. The van der Waals surface area contributed by atoms with Crippen LogP contribution in [0.3, 0.4) is 0 Å². The summed E-state index contributed by atoms with van der Waals surface area (Å²) in [7, 11) is 0. The van der Waals surface area contributed by atoms with Crippen LogP contribution >= 0.6 is 0 Å². The molecule has 0 aliphatic carbocycles. The average Bonchev–Trinajstić information content (AvgIpc) is 2.29. The van der Waals surface area contributed by atoms with Gasteiger partial charge in [-0.25, -0.2) is 4.79 Å². The fraction of sp³-hybridized carbons (Fsp3) is 0.400. The van der Waals surface area contributed by atoms with Crippen molar-refractivity contribution in [3.63, 3.8) is 0 Å². The van der Waals surface area contributed by atoms with Crippen LogP contribution in [0.2, 0.25) is 0 Å². The van der Waals surface area contributed by atoms with E-state index in [1.807, 2.05) is 0 Å². The average molecular weight is 226 g/mol. The molecule has 0 aromatic carbocycles. The molecule has 0 amide bonds. The zero-order valence-corrected chi connectivity index (χ0v) is 8.70. The summed E-state index contributed by atoms with van der Waals surface area (Å²) in [4.78, 5) is 16.4. The molecule has 1 aromatic rings. The second-order valence-electron chi connectivity index (χ2n) is 3.13. The summed E-state index contributed by atoms with van der Waals surface area (Å²) in [5, 5.41) is 26.7. The maximum atomic E-state index is 11.0. The Morgan fingerprint density at radius 3 is 2.44 bits per heavy atom. The van der Waals surface area contributed by atoms with Crippen molar-refractivity contribution in [2.75, 3.05) is 31.2 Å². The van der Waals surface area contributed by atoms with Crippen LogP contribution in [0.25, 0.3) is 0 Å². The number of nitrogens with zero attached hydrogens (tertiary/aromatic N) is 2. The van der Waals surface area contributed by atoms with E-state index in [0.29, 0.717) is 5.69 Å². The Bertz CT molecular complexity index is 350. The van der Waals surface area contributed by atoms with Crippen molar-refractivity contribution in [1.82, 2.24) is 4.98 Å². The zero-order valence-electron chi connectivity index (χ0n) is 8.70. The third kappa shape index (κ3) is 2.91. The van der Waals surface area contributed by atoms with E-state index in [1.54, 1.807) is 4.90 Å². The molecule has 6 nitrogen and oxygen atoms in total. The molecular formula is C10H14N2O4. The molecule has 0 aliphatic rings. The highest BCUT2D eigenvalue weighted by molar-refractivity contribution is 5.94. The van der Waals surface area contributed by atoms with Crippen LogP contribution in [0.4, 0.5) is 5.69 Å². The molecular weight excluding hydrogens is 212 g/mol. The fourth-order valence-corrected chi connectivity index (χ4v) is 1.41. The number of aliphatic hydroxyl groups excluding tert-OH is 2. The molecule has 1 heterocycles. The molecule has 0 atom stereocenters. The first-order valence-electron chi connectivity index (χ1n) is 4.84. The number of anilines is 1. The van der Waals surface area contributed by atoms with Crippen LogP contribution in [-0.2, 0) is 0 Å². The lowest BCUT2D eigenvalue weighted by Gasteiger charge is -2.23. The van der Waals surface area contributed by atoms with Crippen LogP contribution in [0.5, 0.6) is 0 Å². The van der Waals surface area contributed by atoms with Gasteiger partial charge in [0.05, 0.1) is 30.7 Å². The SMILES string of the molecule is O=C(O)c1ccncc1N(CCO)CCO. The second kappa shape index (κ2) is 6.04. The van der Waals surface area contributed by atoms with E-state index in [4.69, 9.17) is 15.3 Å². The lowest BCUT2D eigenvalue weighted by atomic mass is 10.2. The predicted molar refractivity (Wildman–Crippen MR) is 57.6 cm³/mol. The molecule has 0 fully saturated rings. The van der Waals surface area contributed by atoms with Crippen LogP contribution in [0, 0.1) is 0 Å². The van der Waals surface area contributed by atoms with Crippen LogP contribution in [0.1, 0.15) is 10.4 Å². The minimum absolute atomic E-state index is 0.108. The highest BCUT2D eigenvalue weighted by Gasteiger charge is 2.15. The van der Waals surface area contributed by atoms with E-state index in [1.165, 1.54) is 18.5 Å². The number of hydrogen-bond donors (Lipinski definition) is 3. The second-order valence-corrected chi connectivity index (χ2v) is 3.13. The summed E-state index contributed by atoms with van der Waals surface area (Å²) in [6.45, 7) is 0.279. The molecule has 6 heteroatoms. The van der Waals surface area contributed by atoms with Gasteiger partial charge in [0.1, 0.15) is 0 Å². The van der Waals surface area contributed by atoms with E-state index < -0.39 is 5.97 Å². The minimum Gasteiger partial charge on any atom is -0.478 e. The molecule has 0 radical (unpaired) electrons. The third-order valence-electron chi connectivity index (χ3n) is 2.11. The van der Waals surface area contributed by atoms with Gasteiger partial charge in [0.2, 0.25) is 0 Å². The Balaban J connectivity index is 3.02. The Kier molecular flexibility index (Phi) is 4.68. The Morgan fingerprint density at radius 2 is 1.94 bits per heavy atom. The van der Waals surface area contributed by atoms with Gasteiger partial charge in [-0.1, -0.05) is 0 Å².